The monoisotopic (exact) mass is 325 g/mol. The van der Waals surface area contributed by atoms with Gasteiger partial charge in [0, 0.05) is 11.8 Å². The second kappa shape index (κ2) is 7.08. The summed E-state index contributed by atoms with van der Waals surface area (Å²) in [5, 5.41) is 2.83. The van der Waals surface area contributed by atoms with Crippen LogP contribution >= 0.6 is 0 Å². The highest BCUT2D eigenvalue weighted by Crippen LogP contribution is 2.40. The molecule has 2 aromatic carbocycles. The molecule has 24 heavy (non-hydrogen) atoms. The van der Waals surface area contributed by atoms with Crippen molar-refractivity contribution in [3.05, 3.63) is 53.6 Å². The minimum Gasteiger partial charge on any atom is -0.493 e. The average molecular weight is 325 g/mol. The van der Waals surface area contributed by atoms with Crippen molar-refractivity contribution in [2.45, 2.75) is 6.92 Å². The number of nitrogens with one attached hydrogen (secondary N) is 1. The van der Waals surface area contributed by atoms with Crippen LogP contribution in [0.15, 0.2) is 42.5 Å². The van der Waals surface area contributed by atoms with Gasteiger partial charge in [0.05, 0.1) is 7.11 Å². The van der Waals surface area contributed by atoms with Crippen molar-refractivity contribution in [1.29, 1.82) is 0 Å². The molecule has 3 rings (SSSR count). The maximum absolute atomic E-state index is 12.1. The number of aryl methyl sites for hydroxylation is 1. The molecule has 0 radical (unpaired) electrons. The van der Waals surface area contributed by atoms with E-state index in [2.05, 4.69) is 5.32 Å². The Morgan fingerprint density at radius 2 is 2.04 bits per heavy atom. The molecule has 0 aliphatic carbocycles. The Hall–Kier alpha value is -2.95. The molecule has 0 saturated carbocycles. The minimum absolute atomic E-state index is 0.200. The average Bonchev–Trinajstić information content (AvgIpc) is 2.59. The highest BCUT2D eigenvalue weighted by molar-refractivity contribution is 6.02. The first kappa shape index (κ1) is 15.9. The van der Waals surface area contributed by atoms with E-state index in [-0.39, 0.29) is 5.91 Å². The summed E-state index contributed by atoms with van der Waals surface area (Å²) in [7, 11) is 1.57. The second-order valence-electron chi connectivity index (χ2n) is 5.44. The van der Waals surface area contributed by atoms with Crippen LogP contribution in [0.2, 0.25) is 0 Å². The van der Waals surface area contributed by atoms with Crippen LogP contribution in [-0.4, -0.2) is 26.2 Å². The Bertz CT molecular complexity index is 766. The number of carbonyl (C=O) groups excluding carboxylic acids is 1. The van der Waals surface area contributed by atoms with Crippen LogP contribution < -0.4 is 19.5 Å². The standard InChI is InChI=1S/C19H19NO4/c1-13-4-3-5-15(10-13)20-18(21)7-6-14-11-16(22-2)19-17(12-14)23-8-9-24-19/h3-7,10-12H,8-9H2,1-2H3,(H,20,21)/b7-6+. The molecule has 124 valence electrons. The molecule has 1 heterocycles. The van der Waals surface area contributed by atoms with E-state index in [4.69, 9.17) is 14.2 Å². The normalized spacial score (nSPS) is 12.9. The summed E-state index contributed by atoms with van der Waals surface area (Å²) in [5.74, 6) is 1.62. The van der Waals surface area contributed by atoms with Crippen LogP contribution in [0.25, 0.3) is 6.08 Å². The molecule has 0 spiro atoms. The highest BCUT2D eigenvalue weighted by Gasteiger charge is 2.17. The fourth-order valence-electron chi connectivity index (χ4n) is 2.47. The SMILES string of the molecule is COc1cc(/C=C/C(=O)Nc2cccc(C)c2)cc2c1OCCO2. The van der Waals surface area contributed by atoms with E-state index < -0.39 is 0 Å². The van der Waals surface area contributed by atoms with Gasteiger partial charge in [-0.15, -0.1) is 0 Å². The highest BCUT2D eigenvalue weighted by atomic mass is 16.6. The number of carbonyl (C=O) groups is 1. The topological polar surface area (TPSA) is 56.8 Å². The Morgan fingerprint density at radius 1 is 1.21 bits per heavy atom. The lowest BCUT2D eigenvalue weighted by molar-refractivity contribution is -0.111. The molecule has 0 saturated heterocycles. The molecule has 0 fully saturated rings. The van der Waals surface area contributed by atoms with Gasteiger partial charge in [0.1, 0.15) is 13.2 Å². The molecule has 1 N–H and O–H groups in total. The Balaban J connectivity index is 1.75. The van der Waals surface area contributed by atoms with E-state index >= 15 is 0 Å². The molecule has 1 amide bonds. The third-order valence-electron chi connectivity index (χ3n) is 3.56. The van der Waals surface area contributed by atoms with E-state index in [1.807, 2.05) is 43.3 Å². The molecule has 2 aromatic rings. The summed E-state index contributed by atoms with van der Waals surface area (Å²) in [4.78, 5) is 12.1. The van der Waals surface area contributed by atoms with Gasteiger partial charge in [0.15, 0.2) is 11.5 Å². The molecule has 1 aliphatic rings. The minimum atomic E-state index is -0.200. The van der Waals surface area contributed by atoms with E-state index in [0.717, 1.165) is 16.8 Å². The maximum Gasteiger partial charge on any atom is 0.248 e. The van der Waals surface area contributed by atoms with Crippen molar-refractivity contribution in [1.82, 2.24) is 0 Å². The van der Waals surface area contributed by atoms with Crippen molar-refractivity contribution in [2.75, 3.05) is 25.6 Å². The Kier molecular flexibility index (Phi) is 4.70. The van der Waals surface area contributed by atoms with Gasteiger partial charge in [-0.1, -0.05) is 12.1 Å². The zero-order valence-electron chi connectivity index (χ0n) is 13.7. The molecule has 0 bridgehead atoms. The molecule has 5 heteroatoms. The Labute approximate surface area is 140 Å². The van der Waals surface area contributed by atoms with Gasteiger partial charge in [0.25, 0.3) is 0 Å². The number of amides is 1. The van der Waals surface area contributed by atoms with E-state index in [0.29, 0.717) is 30.5 Å². The lowest BCUT2D eigenvalue weighted by Crippen LogP contribution is -2.16. The molecular weight excluding hydrogens is 306 g/mol. The van der Waals surface area contributed by atoms with Gasteiger partial charge in [-0.05, 0) is 48.4 Å². The predicted octanol–water partition coefficient (Wildman–Crippen LogP) is 3.43. The van der Waals surface area contributed by atoms with Crippen LogP contribution in [0.4, 0.5) is 5.69 Å². The zero-order chi connectivity index (χ0) is 16.9. The fourth-order valence-corrected chi connectivity index (χ4v) is 2.47. The van der Waals surface area contributed by atoms with Crippen LogP contribution in [0, 0.1) is 6.92 Å². The molecule has 5 nitrogen and oxygen atoms in total. The van der Waals surface area contributed by atoms with Gasteiger partial charge >= 0.3 is 0 Å². The first-order chi connectivity index (χ1) is 11.7. The van der Waals surface area contributed by atoms with E-state index in [1.165, 1.54) is 6.08 Å². The lowest BCUT2D eigenvalue weighted by atomic mass is 10.1. The molecular formula is C19H19NO4. The fraction of sp³-hybridized carbons (Fsp3) is 0.211. The number of benzene rings is 2. The summed E-state index contributed by atoms with van der Waals surface area (Å²) in [5.41, 5.74) is 2.66. The first-order valence-electron chi connectivity index (χ1n) is 7.69. The van der Waals surface area contributed by atoms with Crippen molar-refractivity contribution >= 4 is 17.7 Å². The molecule has 0 unspecified atom stereocenters. The predicted molar refractivity (Wildman–Crippen MR) is 92.8 cm³/mol. The Morgan fingerprint density at radius 3 is 2.83 bits per heavy atom. The number of hydrogen-bond donors (Lipinski definition) is 1. The number of anilines is 1. The van der Waals surface area contributed by atoms with Crippen LogP contribution in [0.5, 0.6) is 17.2 Å². The van der Waals surface area contributed by atoms with Gasteiger partial charge in [0.2, 0.25) is 11.7 Å². The summed E-state index contributed by atoms with van der Waals surface area (Å²) in [6, 6.07) is 11.3. The van der Waals surface area contributed by atoms with Crippen molar-refractivity contribution in [3.8, 4) is 17.2 Å². The smallest absolute Gasteiger partial charge is 0.248 e. The first-order valence-corrected chi connectivity index (χ1v) is 7.69. The second-order valence-corrected chi connectivity index (χ2v) is 5.44. The van der Waals surface area contributed by atoms with Crippen molar-refractivity contribution in [3.63, 3.8) is 0 Å². The summed E-state index contributed by atoms with van der Waals surface area (Å²) in [6.07, 6.45) is 3.19. The zero-order valence-corrected chi connectivity index (χ0v) is 13.7. The molecule has 1 aliphatic heterocycles. The largest absolute Gasteiger partial charge is 0.493 e. The van der Waals surface area contributed by atoms with E-state index in [9.17, 15) is 4.79 Å². The third-order valence-corrected chi connectivity index (χ3v) is 3.56. The number of hydrogen-bond acceptors (Lipinski definition) is 4. The van der Waals surface area contributed by atoms with Gasteiger partial charge in [-0.25, -0.2) is 0 Å². The van der Waals surface area contributed by atoms with Crippen molar-refractivity contribution in [2.24, 2.45) is 0 Å². The molecule has 0 atom stereocenters. The summed E-state index contributed by atoms with van der Waals surface area (Å²) < 4.78 is 16.5. The number of methoxy groups -OCH3 is 1. The number of fused-ring (bicyclic) bond motifs is 1. The summed E-state index contributed by atoms with van der Waals surface area (Å²) in [6.45, 7) is 2.97. The van der Waals surface area contributed by atoms with Crippen LogP contribution in [0.1, 0.15) is 11.1 Å². The van der Waals surface area contributed by atoms with Gasteiger partial charge < -0.3 is 19.5 Å². The van der Waals surface area contributed by atoms with Crippen LogP contribution in [-0.2, 0) is 4.79 Å². The van der Waals surface area contributed by atoms with E-state index in [1.54, 1.807) is 13.2 Å². The lowest BCUT2D eigenvalue weighted by Gasteiger charge is -2.20. The summed E-state index contributed by atoms with van der Waals surface area (Å²) >= 11 is 0. The van der Waals surface area contributed by atoms with Gasteiger partial charge in [-0.3, -0.25) is 4.79 Å². The van der Waals surface area contributed by atoms with Crippen molar-refractivity contribution < 1.29 is 19.0 Å². The quantitative estimate of drug-likeness (QED) is 0.875. The third kappa shape index (κ3) is 3.68. The maximum atomic E-state index is 12.1. The molecule has 0 aromatic heterocycles. The number of rotatable bonds is 4. The van der Waals surface area contributed by atoms with Crippen LogP contribution in [0.3, 0.4) is 0 Å². The number of ether oxygens (including phenoxy) is 3. The van der Waals surface area contributed by atoms with Gasteiger partial charge in [-0.2, -0.15) is 0 Å².